The molecule has 0 nitrogen and oxygen atoms in total. The van der Waals surface area contributed by atoms with Gasteiger partial charge in [-0.1, -0.05) is 51.1 Å². The fraction of sp³-hybridized carbons (Fsp3) is 0.222. The molecule has 0 N–H and O–H groups in total. The van der Waals surface area contributed by atoms with Crippen molar-refractivity contribution in [2.45, 2.75) is 26.2 Å². The van der Waals surface area contributed by atoms with Crippen LogP contribution in [0.1, 0.15) is 26.3 Å². The third-order valence-corrected chi connectivity index (χ3v) is 6.59. The van der Waals surface area contributed by atoms with Crippen molar-refractivity contribution in [3.8, 4) is 20.2 Å². The van der Waals surface area contributed by atoms with E-state index in [1.54, 1.807) is 11.3 Å². The Balaban J connectivity index is 1.96. The highest BCUT2D eigenvalue weighted by Gasteiger charge is 2.15. The number of rotatable bonds is 2. The smallest absolute Gasteiger partial charge is 0.0591 e. The average molecular weight is 377 g/mol. The predicted octanol–water partition coefficient (Wildman–Crippen LogP) is 7.20. The van der Waals surface area contributed by atoms with Gasteiger partial charge in [0.15, 0.2) is 0 Å². The van der Waals surface area contributed by atoms with Crippen molar-refractivity contribution in [1.82, 2.24) is 0 Å². The third kappa shape index (κ3) is 3.15. The van der Waals surface area contributed by atoms with Crippen LogP contribution in [-0.2, 0) is 5.41 Å². The summed E-state index contributed by atoms with van der Waals surface area (Å²) < 4.78 is 1.19. The van der Waals surface area contributed by atoms with Gasteiger partial charge in [0, 0.05) is 14.2 Å². The molecule has 0 aliphatic carbocycles. The Bertz CT molecular complexity index is 729. The second-order valence-electron chi connectivity index (χ2n) is 6.09. The average Bonchev–Trinajstić information content (AvgIpc) is 3.07. The molecule has 108 valence electrons. The first-order valence-corrected chi connectivity index (χ1v) is 9.38. The molecule has 21 heavy (non-hydrogen) atoms. The van der Waals surface area contributed by atoms with E-state index in [1.807, 2.05) is 11.3 Å². The molecule has 0 amide bonds. The monoisotopic (exact) mass is 376 g/mol. The van der Waals surface area contributed by atoms with Crippen molar-refractivity contribution in [2.24, 2.45) is 0 Å². The second-order valence-corrected chi connectivity index (χ2v) is 8.95. The van der Waals surface area contributed by atoms with Crippen LogP contribution in [0.5, 0.6) is 0 Å². The lowest BCUT2D eigenvalue weighted by atomic mass is 9.86. The zero-order valence-corrected chi connectivity index (χ0v) is 15.5. The molecule has 0 fully saturated rings. The minimum atomic E-state index is 0.205. The highest BCUT2D eigenvalue weighted by molar-refractivity contribution is 9.10. The molecule has 3 rings (SSSR count). The minimum Gasteiger partial charge on any atom is -0.143 e. The molecule has 0 atom stereocenters. The van der Waals surface area contributed by atoms with E-state index < -0.39 is 0 Å². The maximum atomic E-state index is 3.70. The maximum absolute atomic E-state index is 3.70. The molecule has 0 aliphatic rings. The van der Waals surface area contributed by atoms with Crippen LogP contribution in [-0.4, -0.2) is 0 Å². The van der Waals surface area contributed by atoms with Gasteiger partial charge >= 0.3 is 0 Å². The normalized spacial score (nSPS) is 11.8. The van der Waals surface area contributed by atoms with Gasteiger partial charge in [0.1, 0.15) is 0 Å². The fourth-order valence-corrected chi connectivity index (χ4v) is 5.11. The van der Waals surface area contributed by atoms with Crippen LogP contribution in [0.25, 0.3) is 20.2 Å². The molecule has 3 aromatic rings. The van der Waals surface area contributed by atoms with Gasteiger partial charge < -0.3 is 0 Å². The first-order valence-electron chi connectivity index (χ1n) is 6.89. The second kappa shape index (κ2) is 5.71. The van der Waals surface area contributed by atoms with Crippen molar-refractivity contribution >= 4 is 38.6 Å². The van der Waals surface area contributed by atoms with Crippen LogP contribution in [0.3, 0.4) is 0 Å². The lowest BCUT2D eigenvalue weighted by Gasteiger charge is -2.18. The molecule has 0 radical (unpaired) electrons. The van der Waals surface area contributed by atoms with E-state index in [-0.39, 0.29) is 5.41 Å². The van der Waals surface area contributed by atoms with Crippen molar-refractivity contribution in [3.05, 3.63) is 57.9 Å². The molecule has 0 bridgehead atoms. The van der Waals surface area contributed by atoms with Gasteiger partial charge in [-0.2, -0.15) is 0 Å². The Morgan fingerprint density at radius 3 is 2.24 bits per heavy atom. The summed E-state index contributed by atoms with van der Waals surface area (Å²) >= 11 is 7.33. The number of hydrogen-bond donors (Lipinski definition) is 0. The maximum Gasteiger partial charge on any atom is 0.0591 e. The van der Waals surface area contributed by atoms with Gasteiger partial charge in [-0.25, -0.2) is 0 Å². The summed E-state index contributed by atoms with van der Waals surface area (Å²) in [5, 5.41) is 2.12. The van der Waals surface area contributed by atoms with Gasteiger partial charge in [0.05, 0.1) is 4.88 Å². The predicted molar refractivity (Wildman–Crippen MR) is 99.5 cm³/mol. The topological polar surface area (TPSA) is 0 Å². The third-order valence-electron chi connectivity index (χ3n) is 3.47. The SMILES string of the molecule is CC(C)(C)c1ccc(-c2cc(Br)c(-c3cccs3)s2)cc1. The zero-order chi connectivity index (χ0) is 15.0. The molecular weight excluding hydrogens is 360 g/mol. The summed E-state index contributed by atoms with van der Waals surface area (Å²) in [6.07, 6.45) is 0. The number of thiophene rings is 2. The Morgan fingerprint density at radius 2 is 1.67 bits per heavy atom. The quantitative estimate of drug-likeness (QED) is 0.443. The molecule has 0 saturated carbocycles. The van der Waals surface area contributed by atoms with Crippen LogP contribution in [0.15, 0.2) is 52.3 Å². The van der Waals surface area contributed by atoms with E-state index in [4.69, 9.17) is 0 Å². The first kappa shape index (κ1) is 15.0. The highest BCUT2D eigenvalue weighted by atomic mass is 79.9. The lowest BCUT2D eigenvalue weighted by Crippen LogP contribution is -2.10. The lowest BCUT2D eigenvalue weighted by molar-refractivity contribution is 0.590. The molecule has 2 aromatic heterocycles. The Kier molecular flexibility index (Phi) is 4.08. The summed E-state index contributed by atoms with van der Waals surface area (Å²) in [5.74, 6) is 0. The number of benzene rings is 1. The van der Waals surface area contributed by atoms with Crippen molar-refractivity contribution in [1.29, 1.82) is 0 Å². The van der Waals surface area contributed by atoms with Crippen LogP contribution in [0.4, 0.5) is 0 Å². The Morgan fingerprint density at radius 1 is 0.952 bits per heavy atom. The standard InChI is InChI=1S/C18H17BrS2/c1-18(2,3)13-8-6-12(7-9-13)16-11-14(19)17(21-16)15-5-4-10-20-15/h4-11H,1-3H3. The molecule has 1 aromatic carbocycles. The van der Waals surface area contributed by atoms with Crippen LogP contribution in [0.2, 0.25) is 0 Å². The van der Waals surface area contributed by atoms with E-state index in [1.165, 1.54) is 30.2 Å². The Labute approximate surface area is 142 Å². The fourth-order valence-electron chi connectivity index (χ4n) is 2.22. The highest BCUT2D eigenvalue weighted by Crippen LogP contribution is 2.42. The van der Waals surface area contributed by atoms with Crippen LogP contribution < -0.4 is 0 Å². The van der Waals surface area contributed by atoms with Crippen molar-refractivity contribution < 1.29 is 0 Å². The number of halogens is 1. The van der Waals surface area contributed by atoms with Gasteiger partial charge in [-0.3, -0.25) is 0 Å². The molecule has 2 heterocycles. The molecule has 0 unspecified atom stereocenters. The summed E-state index contributed by atoms with van der Waals surface area (Å²) in [6.45, 7) is 6.75. The largest absolute Gasteiger partial charge is 0.143 e. The number of hydrogen-bond acceptors (Lipinski definition) is 2. The molecule has 0 spiro atoms. The van der Waals surface area contributed by atoms with Crippen LogP contribution >= 0.6 is 38.6 Å². The van der Waals surface area contributed by atoms with Gasteiger partial charge in [0.2, 0.25) is 0 Å². The van der Waals surface area contributed by atoms with Gasteiger partial charge in [-0.05, 0) is 50.0 Å². The summed E-state index contributed by atoms with van der Waals surface area (Å²) in [5.41, 5.74) is 2.87. The minimum absolute atomic E-state index is 0.205. The summed E-state index contributed by atoms with van der Waals surface area (Å²) in [6, 6.07) is 15.5. The van der Waals surface area contributed by atoms with E-state index in [0.717, 1.165) is 0 Å². The summed E-state index contributed by atoms with van der Waals surface area (Å²) in [4.78, 5) is 3.95. The zero-order valence-electron chi connectivity index (χ0n) is 12.3. The van der Waals surface area contributed by atoms with Gasteiger partial charge in [0.25, 0.3) is 0 Å². The van der Waals surface area contributed by atoms with E-state index in [9.17, 15) is 0 Å². The summed E-state index contributed by atoms with van der Waals surface area (Å²) in [7, 11) is 0. The molecule has 3 heteroatoms. The Hall–Kier alpha value is -0.900. The molecule has 0 saturated heterocycles. The van der Waals surface area contributed by atoms with E-state index >= 15 is 0 Å². The van der Waals surface area contributed by atoms with E-state index in [0.29, 0.717) is 0 Å². The van der Waals surface area contributed by atoms with Crippen molar-refractivity contribution in [3.63, 3.8) is 0 Å². The van der Waals surface area contributed by atoms with E-state index in [2.05, 4.69) is 84.5 Å². The molecule has 0 aliphatic heterocycles. The van der Waals surface area contributed by atoms with Crippen molar-refractivity contribution in [2.75, 3.05) is 0 Å². The van der Waals surface area contributed by atoms with Crippen LogP contribution in [0, 0.1) is 0 Å². The van der Waals surface area contributed by atoms with Gasteiger partial charge in [-0.15, -0.1) is 22.7 Å². The first-order chi connectivity index (χ1) is 9.95. The molecular formula is C18H17BrS2.